The molecule has 4 heteroatoms. The summed E-state index contributed by atoms with van der Waals surface area (Å²) in [7, 11) is 3.67. The maximum Gasteiger partial charge on any atom is 0.150 e. The van der Waals surface area contributed by atoms with Crippen LogP contribution < -0.4 is 10.1 Å². The Bertz CT molecular complexity index is 426. The number of carbonyl (C=O) groups excluding carboxylic acids is 1. The van der Waals surface area contributed by atoms with Gasteiger partial charge in [0.15, 0.2) is 6.29 Å². The number of ether oxygens (including phenoxy) is 1. The Labute approximate surface area is 114 Å². The molecular weight excluding hydrogens is 240 g/mol. The summed E-state index contributed by atoms with van der Waals surface area (Å²) in [5, 5.41) is 3.33. The molecule has 0 saturated carbocycles. The van der Waals surface area contributed by atoms with E-state index >= 15 is 0 Å². The highest BCUT2D eigenvalue weighted by atomic mass is 16.5. The predicted octanol–water partition coefficient (Wildman–Crippen LogP) is 1.69. The number of nitrogens with one attached hydrogen (secondary N) is 1. The van der Waals surface area contributed by atoms with Crippen molar-refractivity contribution in [1.29, 1.82) is 0 Å². The van der Waals surface area contributed by atoms with Crippen molar-refractivity contribution in [2.24, 2.45) is 0 Å². The van der Waals surface area contributed by atoms with Crippen molar-refractivity contribution in [1.82, 2.24) is 10.2 Å². The van der Waals surface area contributed by atoms with Crippen LogP contribution in [0.3, 0.4) is 0 Å². The maximum atomic E-state index is 11.2. The van der Waals surface area contributed by atoms with Crippen LogP contribution in [0.4, 0.5) is 0 Å². The van der Waals surface area contributed by atoms with Gasteiger partial charge in [0.05, 0.1) is 7.11 Å². The first-order valence-electron chi connectivity index (χ1n) is 6.79. The van der Waals surface area contributed by atoms with Crippen molar-refractivity contribution in [2.75, 3.05) is 27.2 Å². The van der Waals surface area contributed by atoms with E-state index in [1.807, 2.05) is 25.2 Å². The van der Waals surface area contributed by atoms with Gasteiger partial charge in [-0.05, 0) is 39.0 Å². The Balaban J connectivity index is 2.08. The third-order valence-corrected chi connectivity index (χ3v) is 3.89. The van der Waals surface area contributed by atoms with Gasteiger partial charge in [-0.25, -0.2) is 0 Å². The van der Waals surface area contributed by atoms with Crippen LogP contribution in [0.5, 0.6) is 5.75 Å². The summed E-state index contributed by atoms with van der Waals surface area (Å²) >= 11 is 0. The number of carbonyl (C=O) groups is 1. The highest BCUT2D eigenvalue weighted by Crippen LogP contribution is 2.24. The fraction of sp³-hybridized carbons (Fsp3) is 0.533. The summed E-state index contributed by atoms with van der Waals surface area (Å²) in [6.45, 7) is 2.90. The van der Waals surface area contributed by atoms with Gasteiger partial charge in [0, 0.05) is 23.7 Å². The molecule has 0 radical (unpaired) electrons. The number of benzene rings is 1. The normalized spacial score (nSPS) is 17.4. The number of rotatable bonds is 5. The van der Waals surface area contributed by atoms with Crippen LogP contribution in [0.25, 0.3) is 0 Å². The molecule has 0 atom stereocenters. The first-order chi connectivity index (χ1) is 9.28. The number of hydrogen-bond acceptors (Lipinski definition) is 4. The molecule has 0 bridgehead atoms. The molecule has 1 saturated heterocycles. The second-order valence-corrected chi connectivity index (χ2v) is 4.99. The van der Waals surface area contributed by atoms with Gasteiger partial charge in [-0.2, -0.15) is 0 Å². The topological polar surface area (TPSA) is 41.6 Å². The van der Waals surface area contributed by atoms with Gasteiger partial charge in [0.2, 0.25) is 0 Å². The summed E-state index contributed by atoms with van der Waals surface area (Å²) in [6.07, 6.45) is 3.22. The highest BCUT2D eigenvalue weighted by molar-refractivity contribution is 5.78. The molecule has 0 unspecified atom stereocenters. The van der Waals surface area contributed by atoms with Gasteiger partial charge in [0.25, 0.3) is 0 Å². The van der Waals surface area contributed by atoms with Crippen LogP contribution in [0.2, 0.25) is 0 Å². The number of aldehydes is 1. The monoisotopic (exact) mass is 262 g/mol. The van der Waals surface area contributed by atoms with E-state index in [-0.39, 0.29) is 0 Å². The van der Waals surface area contributed by atoms with Crippen molar-refractivity contribution in [3.63, 3.8) is 0 Å². The quantitative estimate of drug-likeness (QED) is 0.820. The van der Waals surface area contributed by atoms with Crippen LogP contribution in [0.1, 0.15) is 28.8 Å². The molecule has 1 aromatic rings. The van der Waals surface area contributed by atoms with E-state index in [0.29, 0.717) is 6.04 Å². The first kappa shape index (κ1) is 14.0. The standard InChI is InChI=1S/C15H22N2O2/c1-16-13-6-8-17(9-7-13)10-14-12(11-18)4-3-5-15(14)19-2/h3-5,11,13,16H,6-10H2,1-2H3. The smallest absolute Gasteiger partial charge is 0.150 e. The molecule has 0 spiro atoms. The van der Waals surface area contributed by atoms with Gasteiger partial charge in [-0.15, -0.1) is 0 Å². The zero-order valence-corrected chi connectivity index (χ0v) is 11.7. The molecule has 104 valence electrons. The minimum absolute atomic E-state index is 0.625. The van der Waals surface area contributed by atoms with Crippen LogP contribution in [0, 0.1) is 0 Å². The lowest BCUT2D eigenvalue weighted by atomic mass is 10.0. The van der Waals surface area contributed by atoms with Crippen LogP contribution in [-0.2, 0) is 6.54 Å². The van der Waals surface area contributed by atoms with Crippen molar-refractivity contribution in [3.05, 3.63) is 29.3 Å². The fourth-order valence-corrected chi connectivity index (χ4v) is 2.66. The average molecular weight is 262 g/mol. The van der Waals surface area contributed by atoms with Gasteiger partial charge in [-0.3, -0.25) is 9.69 Å². The third kappa shape index (κ3) is 3.33. The van der Waals surface area contributed by atoms with Crippen molar-refractivity contribution >= 4 is 6.29 Å². The highest BCUT2D eigenvalue weighted by Gasteiger charge is 2.20. The molecule has 1 aliphatic rings. The molecule has 0 amide bonds. The molecule has 4 nitrogen and oxygen atoms in total. The first-order valence-corrected chi connectivity index (χ1v) is 6.79. The van der Waals surface area contributed by atoms with E-state index in [4.69, 9.17) is 4.74 Å². The number of hydrogen-bond donors (Lipinski definition) is 1. The Hall–Kier alpha value is -1.39. The molecule has 0 aromatic heterocycles. The van der Waals surface area contributed by atoms with Crippen LogP contribution in [0.15, 0.2) is 18.2 Å². The van der Waals surface area contributed by atoms with Crippen molar-refractivity contribution in [2.45, 2.75) is 25.4 Å². The minimum Gasteiger partial charge on any atom is -0.496 e. The van der Waals surface area contributed by atoms with Crippen molar-refractivity contribution in [3.8, 4) is 5.75 Å². The maximum absolute atomic E-state index is 11.2. The summed E-state index contributed by atoms with van der Waals surface area (Å²) in [4.78, 5) is 13.5. The Morgan fingerprint density at radius 2 is 2.16 bits per heavy atom. The molecule has 2 rings (SSSR count). The molecular formula is C15H22N2O2. The summed E-state index contributed by atoms with van der Waals surface area (Å²) in [5.41, 5.74) is 1.73. The largest absolute Gasteiger partial charge is 0.496 e. The molecule has 1 fully saturated rings. The second kappa shape index (κ2) is 6.68. The zero-order chi connectivity index (χ0) is 13.7. The molecule has 1 aromatic carbocycles. The lowest BCUT2D eigenvalue weighted by Crippen LogP contribution is -2.40. The van der Waals surface area contributed by atoms with Crippen LogP contribution >= 0.6 is 0 Å². The van der Waals surface area contributed by atoms with Gasteiger partial charge < -0.3 is 10.1 Å². The van der Waals surface area contributed by atoms with E-state index in [1.165, 1.54) is 0 Å². The van der Waals surface area contributed by atoms with E-state index < -0.39 is 0 Å². The van der Waals surface area contributed by atoms with Gasteiger partial charge in [0.1, 0.15) is 5.75 Å². The number of likely N-dealkylation sites (tertiary alicyclic amines) is 1. The molecule has 19 heavy (non-hydrogen) atoms. The van der Waals surface area contributed by atoms with E-state index in [2.05, 4.69) is 10.2 Å². The zero-order valence-electron chi connectivity index (χ0n) is 11.7. The number of piperidine rings is 1. The molecule has 1 aliphatic heterocycles. The van der Waals surface area contributed by atoms with E-state index in [0.717, 1.165) is 55.6 Å². The summed E-state index contributed by atoms with van der Waals surface area (Å²) < 4.78 is 5.37. The van der Waals surface area contributed by atoms with Crippen molar-refractivity contribution < 1.29 is 9.53 Å². The number of methoxy groups -OCH3 is 1. The lowest BCUT2D eigenvalue weighted by Gasteiger charge is -2.32. The molecule has 0 aliphatic carbocycles. The van der Waals surface area contributed by atoms with Gasteiger partial charge in [-0.1, -0.05) is 12.1 Å². The lowest BCUT2D eigenvalue weighted by molar-refractivity contribution is 0.112. The molecule has 1 N–H and O–H groups in total. The van der Waals surface area contributed by atoms with Crippen LogP contribution in [-0.4, -0.2) is 44.5 Å². The molecule has 1 heterocycles. The fourth-order valence-electron chi connectivity index (χ4n) is 2.66. The second-order valence-electron chi connectivity index (χ2n) is 4.99. The Morgan fingerprint density at radius 3 is 2.74 bits per heavy atom. The Morgan fingerprint density at radius 1 is 1.42 bits per heavy atom. The Kier molecular flexibility index (Phi) is 4.93. The van der Waals surface area contributed by atoms with Gasteiger partial charge >= 0.3 is 0 Å². The third-order valence-electron chi connectivity index (χ3n) is 3.89. The summed E-state index contributed by atoms with van der Waals surface area (Å²) in [5.74, 6) is 0.806. The minimum atomic E-state index is 0.625. The SMILES string of the molecule is CNC1CCN(Cc2c(C=O)cccc2OC)CC1. The predicted molar refractivity (Wildman–Crippen MR) is 75.7 cm³/mol. The average Bonchev–Trinajstić information content (AvgIpc) is 2.48. The van der Waals surface area contributed by atoms with E-state index in [9.17, 15) is 4.79 Å². The summed E-state index contributed by atoms with van der Waals surface area (Å²) in [6, 6.07) is 6.26. The number of nitrogens with zero attached hydrogens (tertiary/aromatic N) is 1. The van der Waals surface area contributed by atoms with E-state index in [1.54, 1.807) is 7.11 Å².